The minimum atomic E-state index is 0.103. The molecular formula is C15H15ClO2. The van der Waals surface area contributed by atoms with Crippen LogP contribution in [0.4, 0.5) is 0 Å². The Labute approximate surface area is 112 Å². The van der Waals surface area contributed by atoms with Gasteiger partial charge in [0.1, 0.15) is 5.75 Å². The van der Waals surface area contributed by atoms with E-state index in [1.807, 2.05) is 42.5 Å². The molecule has 0 aromatic heterocycles. The zero-order valence-electron chi connectivity index (χ0n) is 10.2. The number of halogens is 1. The quantitative estimate of drug-likeness (QED) is 0.913. The van der Waals surface area contributed by atoms with Crippen LogP contribution in [0.25, 0.3) is 11.1 Å². The van der Waals surface area contributed by atoms with Crippen molar-refractivity contribution in [3.63, 3.8) is 0 Å². The number of ether oxygens (including phenoxy) is 1. The van der Waals surface area contributed by atoms with Crippen molar-refractivity contribution in [1.29, 1.82) is 0 Å². The molecule has 0 aliphatic heterocycles. The fourth-order valence-electron chi connectivity index (χ4n) is 1.85. The van der Waals surface area contributed by atoms with Crippen molar-refractivity contribution >= 4 is 11.6 Å². The lowest BCUT2D eigenvalue weighted by Gasteiger charge is -2.07. The van der Waals surface area contributed by atoms with Crippen LogP contribution in [0.1, 0.15) is 5.56 Å². The Morgan fingerprint density at radius 1 is 1.06 bits per heavy atom. The Morgan fingerprint density at radius 3 is 2.33 bits per heavy atom. The van der Waals surface area contributed by atoms with Gasteiger partial charge in [-0.15, -0.1) is 0 Å². The van der Waals surface area contributed by atoms with Crippen LogP contribution in [-0.2, 0) is 6.42 Å². The zero-order chi connectivity index (χ0) is 13.0. The van der Waals surface area contributed by atoms with E-state index in [2.05, 4.69) is 0 Å². The van der Waals surface area contributed by atoms with Crippen LogP contribution in [0.15, 0.2) is 42.5 Å². The molecule has 0 amide bonds. The second-order valence-corrected chi connectivity index (χ2v) is 4.42. The summed E-state index contributed by atoms with van der Waals surface area (Å²) >= 11 is 6.08. The summed E-state index contributed by atoms with van der Waals surface area (Å²) in [7, 11) is 1.65. The molecule has 0 saturated heterocycles. The van der Waals surface area contributed by atoms with Crippen LogP contribution in [-0.4, -0.2) is 18.8 Å². The molecule has 2 aromatic carbocycles. The monoisotopic (exact) mass is 262 g/mol. The minimum absolute atomic E-state index is 0.103. The lowest BCUT2D eigenvalue weighted by atomic mass is 10.0. The maximum absolute atomic E-state index is 9.00. The van der Waals surface area contributed by atoms with Gasteiger partial charge in [0.25, 0.3) is 0 Å². The Bertz CT molecular complexity index is 521. The van der Waals surface area contributed by atoms with Crippen molar-refractivity contribution in [2.24, 2.45) is 0 Å². The van der Waals surface area contributed by atoms with Gasteiger partial charge >= 0.3 is 0 Å². The molecule has 0 unspecified atom stereocenters. The predicted octanol–water partition coefficient (Wildman–Crippen LogP) is 3.55. The largest absolute Gasteiger partial charge is 0.497 e. The van der Waals surface area contributed by atoms with Crippen molar-refractivity contribution in [2.45, 2.75) is 6.42 Å². The molecule has 0 atom stereocenters. The van der Waals surface area contributed by atoms with E-state index in [1.165, 1.54) is 0 Å². The summed E-state index contributed by atoms with van der Waals surface area (Å²) < 4.78 is 5.13. The van der Waals surface area contributed by atoms with Crippen LogP contribution in [0.3, 0.4) is 0 Å². The van der Waals surface area contributed by atoms with Crippen molar-refractivity contribution in [1.82, 2.24) is 0 Å². The number of benzene rings is 2. The van der Waals surface area contributed by atoms with Crippen LogP contribution < -0.4 is 4.74 Å². The average Bonchev–Trinajstić information content (AvgIpc) is 2.42. The number of rotatable bonds is 4. The molecule has 0 aliphatic rings. The molecule has 0 bridgehead atoms. The van der Waals surface area contributed by atoms with Gasteiger partial charge in [0, 0.05) is 11.6 Å². The van der Waals surface area contributed by atoms with Gasteiger partial charge in [0.15, 0.2) is 0 Å². The van der Waals surface area contributed by atoms with Crippen LogP contribution in [0.5, 0.6) is 5.75 Å². The number of hydrogen-bond donors (Lipinski definition) is 1. The maximum atomic E-state index is 9.00. The molecule has 0 radical (unpaired) electrons. The topological polar surface area (TPSA) is 29.5 Å². The highest BCUT2D eigenvalue weighted by atomic mass is 35.5. The first-order chi connectivity index (χ1) is 8.74. The molecule has 94 valence electrons. The first kappa shape index (κ1) is 12.9. The van der Waals surface area contributed by atoms with E-state index in [0.29, 0.717) is 11.4 Å². The van der Waals surface area contributed by atoms with Gasteiger partial charge in [-0.25, -0.2) is 0 Å². The van der Waals surface area contributed by atoms with Gasteiger partial charge in [0.05, 0.1) is 7.11 Å². The number of aliphatic hydroxyl groups is 1. The fraction of sp³-hybridized carbons (Fsp3) is 0.200. The summed E-state index contributed by atoms with van der Waals surface area (Å²) in [5, 5.41) is 9.69. The molecule has 0 heterocycles. The normalized spacial score (nSPS) is 10.4. The molecule has 1 N–H and O–H groups in total. The lowest BCUT2D eigenvalue weighted by molar-refractivity contribution is 0.299. The zero-order valence-corrected chi connectivity index (χ0v) is 10.9. The Balaban J connectivity index is 2.34. The van der Waals surface area contributed by atoms with Gasteiger partial charge in [-0.1, -0.05) is 29.8 Å². The summed E-state index contributed by atoms with van der Waals surface area (Å²) in [5.74, 6) is 0.836. The van der Waals surface area contributed by atoms with E-state index in [-0.39, 0.29) is 6.61 Å². The molecule has 0 spiro atoms. The molecule has 2 nitrogen and oxygen atoms in total. The van der Waals surface area contributed by atoms with Crippen LogP contribution in [0.2, 0.25) is 5.02 Å². The first-order valence-corrected chi connectivity index (χ1v) is 6.16. The van der Waals surface area contributed by atoms with E-state index in [1.54, 1.807) is 7.11 Å². The fourth-order valence-corrected chi connectivity index (χ4v) is 2.06. The van der Waals surface area contributed by atoms with E-state index < -0.39 is 0 Å². The van der Waals surface area contributed by atoms with E-state index in [4.69, 9.17) is 21.4 Å². The van der Waals surface area contributed by atoms with E-state index in [0.717, 1.165) is 22.4 Å². The standard InChI is InChI=1S/C15H15ClO2/c1-18-14-5-2-11(3-6-14)12-4-7-15(16)13(10-12)8-9-17/h2-7,10,17H,8-9H2,1H3. The Hall–Kier alpha value is -1.51. The van der Waals surface area contributed by atoms with Crippen molar-refractivity contribution in [3.05, 3.63) is 53.1 Å². The molecule has 0 fully saturated rings. The predicted molar refractivity (Wildman–Crippen MR) is 74.2 cm³/mol. The van der Waals surface area contributed by atoms with Gasteiger partial charge in [-0.2, -0.15) is 0 Å². The molecule has 0 saturated carbocycles. The summed E-state index contributed by atoms with van der Waals surface area (Å²) in [6.07, 6.45) is 0.572. The summed E-state index contributed by atoms with van der Waals surface area (Å²) in [4.78, 5) is 0. The SMILES string of the molecule is COc1ccc(-c2ccc(Cl)c(CCO)c2)cc1. The Kier molecular flexibility index (Phi) is 4.24. The second-order valence-electron chi connectivity index (χ2n) is 4.01. The van der Waals surface area contributed by atoms with Crippen LogP contribution in [0, 0.1) is 0 Å². The summed E-state index contributed by atoms with van der Waals surface area (Å²) in [6, 6.07) is 13.7. The molecular weight excluding hydrogens is 248 g/mol. The maximum Gasteiger partial charge on any atom is 0.118 e. The highest BCUT2D eigenvalue weighted by Crippen LogP contribution is 2.26. The smallest absolute Gasteiger partial charge is 0.118 e. The molecule has 18 heavy (non-hydrogen) atoms. The number of aliphatic hydroxyl groups excluding tert-OH is 1. The average molecular weight is 263 g/mol. The summed E-state index contributed by atoms with van der Waals surface area (Å²) in [5.41, 5.74) is 3.16. The van der Waals surface area contributed by atoms with Crippen molar-refractivity contribution in [3.8, 4) is 16.9 Å². The molecule has 0 aliphatic carbocycles. The van der Waals surface area contributed by atoms with Gasteiger partial charge in [-0.05, 0) is 47.4 Å². The third-order valence-electron chi connectivity index (χ3n) is 2.85. The van der Waals surface area contributed by atoms with E-state index >= 15 is 0 Å². The number of hydrogen-bond acceptors (Lipinski definition) is 2. The molecule has 2 aromatic rings. The third kappa shape index (κ3) is 2.84. The molecule has 3 heteroatoms. The first-order valence-electron chi connectivity index (χ1n) is 5.78. The van der Waals surface area contributed by atoms with Gasteiger partial charge < -0.3 is 9.84 Å². The van der Waals surface area contributed by atoms with Gasteiger partial charge in [0.2, 0.25) is 0 Å². The minimum Gasteiger partial charge on any atom is -0.497 e. The van der Waals surface area contributed by atoms with Crippen LogP contribution >= 0.6 is 11.6 Å². The third-order valence-corrected chi connectivity index (χ3v) is 3.22. The van der Waals surface area contributed by atoms with Crippen molar-refractivity contribution in [2.75, 3.05) is 13.7 Å². The highest BCUT2D eigenvalue weighted by Gasteiger charge is 2.04. The van der Waals surface area contributed by atoms with Gasteiger partial charge in [-0.3, -0.25) is 0 Å². The Morgan fingerprint density at radius 2 is 1.72 bits per heavy atom. The number of methoxy groups -OCH3 is 1. The summed E-state index contributed by atoms with van der Waals surface area (Å²) in [6.45, 7) is 0.103. The molecule has 2 rings (SSSR count). The second kappa shape index (κ2) is 5.89. The van der Waals surface area contributed by atoms with E-state index in [9.17, 15) is 0 Å². The van der Waals surface area contributed by atoms with Crippen molar-refractivity contribution < 1.29 is 9.84 Å². The lowest BCUT2D eigenvalue weighted by Crippen LogP contribution is -1.92. The highest BCUT2D eigenvalue weighted by molar-refractivity contribution is 6.31.